The second-order valence-corrected chi connectivity index (χ2v) is 7.40. The van der Waals surface area contributed by atoms with Gasteiger partial charge in [0.15, 0.2) is 0 Å². The first-order valence-electron chi connectivity index (χ1n) is 9.20. The summed E-state index contributed by atoms with van der Waals surface area (Å²) in [6.45, 7) is 6.50. The summed E-state index contributed by atoms with van der Waals surface area (Å²) in [5.41, 5.74) is -0.610. The Morgan fingerprint density at radius 1 is 1.24 bits per heavy atom. The maximum absolute atomic E-state index is 13.6. The number of carbonyl (C=O) groups is 2. The lowest BCUT2D eigenvalue weighted by atomic mass is 10.2. The van der Waals surface area contributed by atoms with Gasteiger partial charge in [0.1, 0.15) is 23.1 Å². The number of hydrogen-bond acceptors (Lipinski definition) is 7. The molecule has 0 atom stereocenters. The van der Waals surface area contributed by atoms with Crippen molar-refractivity contribution in [2.24, 2.45) is 0 Å². The van der Waals surface area contributed by atoms with Crippen LogP contribution in [0.3, 0.4) is 0 Å². The smallest absolute Gasteiger partial charge is 0.257 e. The van der Waals surface area contributed by atoms with Gasteiger partial charge < -0.3 is 14.6 Å². The quantitative estimate of drug-likeness (QED) is 0.628. The van der Waals surface area contributed by atoms with Gasteiger partial charge in [-0.05, 0) is 25.1 Å². The van der Waals surface area contributed by atoms with Crippen LogP contribution in [0.2, 0.25) is 0 Å². The van der Waals surface area contributed by atoms with Crippen LogP contribution in [0.5, 0.6) is 0 Å². The number of halogens is 2. The number of rotatable bonds is 7. The summed E-state index contributed by atoms with van der Waals surface area (Å²) in [5.74, 6) is -2.26. The molecular formula is C18H21F2N5O3S. The summed E-state index contributed by atoms with van der Waals surface area (Å²) < 4.78 is 32.2. The van der Waals surface area contributed by atoms with Crippen LogP contribution in [0, 0.1) is 11.6 Å². The SMILES string of the molecule is CCN1CCN([n+]2cc([N-]C(=O)CCSC(=O)c3c(F)cccc3F)on2)CC1. The third kappa shape index (κ3) is 5.51. The third-order valence-electron chi connectivity index (χ3n) is 4.48. The van der Waals surface area contributed by atoms with Gasteiger partial charge in [0, 0.05) is 18.8 Å². The molecule has 1 amide bonds. The molecular weight excluding hydrogens is 404 g/mol. The predicted octanol–water partition coefficient (Wildman–Crippen LogP) is 2.01. The van der Waals surface area contributed by atoms with E-state index in [0.29, 0.717) is 11.8 Å². The topological polar surface area (TPSA) is 84.6 Å². The van der Waals surface area contributed by atoms with Crippen molar-refractivity contribution < 1.29 is 27.7 Å². The summed E-state index contributed by atoms with van der Waals surface area (Å²) in [5, 5.41) is 8.90. The maximum atomic E-state index is 13.6. The van der Waals surface area contributed by atoms with E-state index in [1.165, 1.54) is 17.1 Å². The van der Waals surface area contributed by atoms with Gasteiger partial charge in [-0.2, -0.15) is 5.01 Å². The Labute approximate surface area is 170 Å². The van der Waals surface area contributed by atoms with Crippen molar-refractivity contribution in [2.45, 2.75) is 13.3 Å². The molecule has 0 spiro atoms. The van der Waals surface area contributed by atoms with Crippen molar-refractivity contribution in [1.29, 1.82) is 0 Å². The highest BCUT2D eigenvalue weighted by Gasteiger charge is 2.24. The highest BCUT2D eigenvalue weighted by atomic mass is 32.2. The number of hydrogen-bond donors (Lipinski definition) is 0. The molecule has 0 aliphatic carbocycles. The molecule has 0 radical (unpaired) electrons. The highest BCUT2D eigenvalue weighted by Crippen LogP contribution is 2.21. The zero-order valence-corrected chi connectivity index (χ0v) is 16.7. The van der Waals surface area contributed by atoms with E-state index in [0.717, 1.165) is 44.9 Å². The lowest BCUT2D eigenvalue weighted by Gasteiger charge is -2.28. The molecule has 29 heavy (non-hydrogen) atoms. The summed E-state index contributed by atoms with van der Waals surface area (Å²) in [6.07, 6.45) is 1.44. The minimum atomic E-state index is -0.926. The molecule has 8 nitrogen and oxygen atoms in total. The summed E-state index contributed by atoms with van der Waals surface area (Å²) in [4.78, 5) is 27.8. The average Bonchev–Trinajstić information content (AvgIpc) is 3.16. The molecule has 1 aliphatic heterocycles. The van der Waals surface area contributed by atoms with Crippen LogP contribution in [-0.2, 0) is 4.79 Å². The minimum absolute atomic E-state index is 0.0437. The van der Waals surface area contributed by atoms with Crippen LogP contribution >= 0.6 is 11.8 Å². The molecule has 0 bridgehead atoms. The van der Waals surface area contributed by atoms with Gasteiger partial charge in [0.2, 0.25) is 10.4 Å². The average molecular weight is 425 g/mol. The number of likely N-dealkylation sites (N-methyl/N-ethyl adjacent to an activating group) is 1. The Bertz CT molecular complexity index is 851. The van der Waals surface area contributed by atoms with Gasteiger partial charge in [-0.25, -0.2) is 8.78 Å². The zero-order chi connectivity index (χ0) is 20.8. The van der Waals surface area contributed by atoms with Gasteiger partial charge in [-0.1, -0.05) is 24.8 Å². The first kappa shape index (κ1) is 21.2. The number of piperazine rings is 1. The molecule has 11 heteroatoms. The minimum Gasteiger partial charge on any atom is -0.588 e. The van der Waals surface area contributed by atoms with Crippen LogP contribution in [0.15, 0.2) is 28.9 Å². The van der Waals surface area contributed by atoms with Crippen molar-refractivity contribution in [2.75, 3.05) is 43.5 Å². The van der Waals surface area contributed by atoms with E-state index < -0.39 is 28.2 Å². The van der Waals surface area contributed by atoms with Crippen molar-refractivity contribution in [1.82, 2.24) is 10.2 Å². The Balaban J connectivity index is 1.44. The molecule has 3 rings (SSSR count). The second kappa shape index (κ2) is 9.79. The summed E-state index contributed by atoms with van der Waals surface area (Å²) >= 11 is 0.663. The Morgan fingerprint density at radius 3 is 2.59 bits per heavy atom. The molecule has 0 saturated carbocycles. The van der Waals surface area contributed by atoms with Gasteiger partial charge in [-0.15, -0.1) is 0 Å². The molecule has 1 aromatic carbocycles. The largest absolute Gasteiger partial charge is 0.588 e. The molecule has 1 fully saturated rings. The molecule has 1 aromatic heterocycles. The highest BCUT2D eigenvalue weighted by molar-refractivity contribution is 8.14. The monoisotopic (exact) mass is 425 g/mol. The number of benzene rings is 1. The fourth-order valence-electron chi connectivity index (χ4n) is 2.85. The fraction of sp³-hybridized carbons (Fsp3) is 0.444. The van der Waals surface area contributed by atoms with Crippen LogP contribution in [-0.4, -0.2) is 59.7 Å². The van der Waals surface area contributed by atoms with E-state index in [2.05, 4.69) is 22.4 Å². The van der Waals surface area contributed by atoms with Crippen LogP contribution in [0.4, 0.5) is 14.7 Å². The van der Waals surface area contributed by atoms with Gasteiger partial charge in [0.25, 0.3) is 6.20 Å². The number of thioether (sulfide) groups is 1. The van der Waals surface area contributed by atoms with Crippen LogP contribution in [0.1, 0.15) is 23.7 Å². The van der Waals surface area contributed by atoms with Crippen LogP contribution < -0.4 is 9.80 Å². The molecule has 0 unspecified atom stereocenters. The van der Waals surface area contributed by atoms with Crippen molar-refractivity contribution >= 4 is 28.7 Å². The molecule has 2 aromatic rings. The van der Waals surface area contributed by atoms with E-state index in [9.17, 15) is 18.4 Å². The standard InChI is InChI=1S/C18H21F2N5O3S/c1-2-23-7-9-24(10-8-23)25-12-16(28-22-25)21-15(26)6-11-29-18(27)17-13(19)4-3-5-14(17)20/h3-5,12H,2,6-11H2,1H3. The molecule has 2 heterocycles. The fourth-order valence-corrected chi connectivity index (χ4v) is 3.65. The lowest BCUT2D eigenvalue weighted by molar-refractivity contribution is -0.759. The first-order chi connectivity index (χ1) is 14.0. The van der Waals surface area contributed by atoms with E-state index in [4.69, 9.17) is 4.52 Å². The second-order valence-electron chi connectivity index (χ2n) is 6.34. The summed E-state index contributed by atoms with van der Waals surface area (Å²) in [6, 6.07) is 3.21. The van der Waals surface area contributed by atoms with Gasteiger partial charge >= 0.3 is 0 Å². The Hall–Kier alpha value is -2.53. The Morgan fingerprint density at radius 2 is 1.93 bits per heavy atom. The van der Waals surface area contributed by atoms with E-state index in [1.807, 2.05) is 5.01 Å². The number of amides is 1. The normalized spacial score (nSPS) is 14.8. The van der Waals surface area contributed by atoms with Crippen molar-refractivity contribution in [3.05, 3.63) is 46.9 Å². The van der Waals surface area contributed by atoms with E-state index in [1.54, 1.807) is 0 Å². The number of aromatic nitrogens is 2. The van der Waals surface area contributed by atoms with E-state index >= 15 is 0 Å². The molecule has 1 aliphatic rings. The van der Waals surface area contributed by atoms with E-state index in [-0.39, 0.29) is 18.1 Å². The third-order valence-corrected chi connectivity index (χ3v) is 5.36. The van der Waals surface area contributed by atoms with Crippen molar-refractivity contribution in [3.63, 3.8) is 0 Å². The van der Waals surface area contributed by atoms with Gasteiger partial charge in [0.05, 0.1) is 23.8 Å². The number of carbonyl (C=O) groups excluding carboxylic acids is 2. The molecule has 1 saturated heterocycles. The van der Waals surface area contributed by atoms with Crippen molar-refractivity contribution in [3.8, 4) is 0 Å². The number of nitrogens with zero attached hydrogens (tertiary/aromatic N) is 5. The summed E-state index contributed by atoms with van der Waals surface area (Å²) in [7, 11) is 0. The lowest BCUT2D eigenvalue weighted by Crippen LogP contribution is -2.65. The molecule has 156 valence electrons. The zero-order valence-electron chi connectivity index (χ0n) is 15.9. The predicted molar refractivity (Wildman–Crippen MR) is 103 cm³/mol. The Kier molecular flexibility index (Phi) is 7.15. The molecule has 0 N–H and O–H groups in total. The first-order valence-corrected chi connectivity index (χ1v) is 10.2. The van der Waals surface area contributed by atoms with Crippen LogP contribution in [0.25, 0.3) is 5.32 Å². The van der Waals surface area contributed by atoms with Gasteiger partial charge in [-0.3, -0.25) is 9.69 Å². The maximum Gasteiger partial charge on any atom is 0.257 e.